The fraction of sp³-hybridized carbons (Fsp3) is 0.583. The standard InChI is InChI=1S/C12H20N2O/c1-3-5-8-14-9-6-7-11(12(14)15)10-13-4-2/h6-7,9,13H,3-5,8,10H2,1-2H3. The van der Waals surface area contributed by atoms with Crippen molar-refractivity contribution >= 4 is 0 Å². The lowest BCUT2D eigenvalue weighted by atomic mass is 10.2. The van der Waals surface area contributed by atoms with E-state index in [4.69, 9.17) is 0 Å². The van der Waals surface area contributed by atoms with Crippen molar-refractivity contribution in [3.63, 3.8) is 0 Å². The summed E-state index contributed by atoms with van der Waals surface area (Å²) in [5, 5.41) is 3.18. The lowest BCUT2D eigenvalue weighted by Crippen LogP contribution is -2.26. The van der Waals surface area contributed by atoms with Gasteiger partial charge in [0.25, 0.3) is 5.56 Å². The number of rotatable bonds is 6. The van der Waals surface area contributed by atoms with Crippen LogP contribution in [-0.4, -0.2) is 11.1 Å². The second-order valence-electron chi connectivity index (χ2n) is 3.67. The summed E-state index contributed by atoms with van der Waals surface area (Å²) in [6, 6.07) is 3.84. The van der Waals surface area contributed by atoms with Gasteiger partial charge in [-0.1, -0.05) is 26.3 Å². The molecule has 0 aliphatic heterocycles. The Bertz CT molecular complexity index is 314. The van der Waals surface area contributed by atoms with Gasteiger partial charge in [0, 0.05) is 24.8 Å². The number of aryl methyl sites for hydroxylation is 1. The summed E-state index contributed by atoms with van der Waals surface area (Å²) in [5.41, 5.74) is 1.00. The summed E-state index contributed by atoms with van der Waals surface area (Å²) in [6.07, 6.45) is 4.04. The first kappa shape index (κ1) is 12.0. The van der Waals surface area contributed by atoms with Crippen LogP contribution in [0.5, 0.6) is 0 Å². The molecule has 0 unspecified atom stereocenters. The van der Waals surface area contributed by atoms with Gasteiger partial charge >= 0.3 is 0 Å². The first-order valence-corrected chi connectivity index (χ1v) is 5.68. The average Bonchev–Trinajstić information content (AvgIpc) is 2.26. The van der Waals surface area contributed by atoms with Gasteiger partial charge in [-0.25, -0.2) is 0 Å². The number of nitrogens with zero attached hydrogens (tertiary/aromatic N) is 1. The van der Waals surface area contributed by atoms with Crippen LogP contribution in [0.25, 0.3) is 0 Å². The third-order valence-electron chi connectivity index (χ3n) is 2.42. The smallest absolute Gasteiger partial charge is 0.255 e. The number of hydrogen-bond donors (Lipinski definition) is 1. The molecular weight excluding hydrogens is 188 g/mol. The Hall–Kier alpha value is -1.09. The zero-order valence-corrected chi connectivity index (χ0v) is 9.62. The van der Waals surface area contributed by atoms with Crippen molar-refractivity contribution in [2.75, 3.05) is 6.54 Å². The average molecular weight is 208 g/mol. The van der Waals surface area contributed by atoms with Gasteiger partial charge in [-0.3, -0.25) is 4.79 Å². The molecule has 15 heavy (non-hydrogen) atoms. The van der Waals surface area contributed by atoms with Crippen LogP contribution < -0.4 is 10.9 Å². The minimum atomic E-state index is 0.145. The van der Waals surface area contributed by atoms with Crippen LogP contribution in [0.3, 0.4) is 0 Å². The van der Waals surface area contributed by atoms with Crippen LogP contribution in [0.1, 0.15) is 32.3 Å². The molecule has 0 spiro atoms. The van der Waals surface area contributed by atoms with Crippen molar-refractivity contribution in [1.29, 1.82) is 0 Å². The molecule has 1 aromatic rings. The molecule has 84 valence electrons. The van der Waals surface area contributed by atoms with E-state index in [-0.39, 0.29) is 5.56 Å². The lowest BCUT2D eigenvalue weighted by Gasteiger charge is -2.07. The number of aromatic nitrogens is 1. The van der Waals surface area contributed by atoms with Gasteiger partial charge in [0.1, 0.15) is 0 Å². The molecule has 0 fully saturated rings. The molecule has 0 amide bonds. The normalized spacial score (nSPS) is 10.5. The van der Waals surface area contributed by atoms with E-state index in [0.29, 0.717) is 6.54 Å². The molecule has 0 saturated carbocycles. The predicted molar refractivity (Wildman–Crippen MR) is 63.0 cm³/mol. The highest BCUT2D eigenvalue weighted by Gasteiger charge is 2.01. The number of unbranched alkanes of at least 4 members (excludes halogenated alkanes) is 1. The van der Waals surface area contributed by atoms with Gasteiger partial charge in [-0.15, -0.1) is 0 Å². The molecule has 0 aromatic carbocycles. The van der Waals surface area contributed by atoms with Gasteiger partial charge in [-0.05, 0) is 19.0 Å². The predicted octanol–water partition coefficient (Wildman–Crippen LogP) is 1.76. The number of hydrogen-bond acceptors (Lipinski definition) is 2. The third-order valence-corrected chi connectivity index (χ3v) is 2.42. The first-order chi connectivity index (χ1) is 7.29. The van der Waals surface area contributed by atoms with Crippen molar-refractivity contribution in [3.8, 4) is 0 Å². The summed E-state index contributed by atoms with van der Waals surface area (Å²) in [5.74, 6) is 0. The van der Waals surface area contributed by atoms with Gasteiger partial charge < -0.3 is 9.88 Å². The van der Waals surface area contributed by atoms with Crippen molar-refractivity contribution in [1.82, 2.24) is 9.88 Å². The molecule has 1 aromatic heterocycles. The topological polar surface area (TPSA) is 34.0 Å². The van der Waals surface area contributed by atoms with Crippen LogP contribution in [0.15, 0.2) is 23.1 Å². The Balaban J connectivity index is 2.76. The summed E-state index contributed by atoms with van der Waals surface area (Å²) in [6.45, 7) is 6.56. The van der Waals surface area contributed by atoms with Gasteiger partial charge in [-0.2, -0.15) is 0 Å². The molecule has 0 aliphatic carbocycles. The molecule has 0 radical (unpaired) electrons. The second kappa shape index (κ2) is 6.40. The van der Waals surface area contributed by atoms with E-state index in [0.717, 1.165) is 31.5 Å². The molecule has 1 heterocycles. The summed E-state index contributed by atoms with van der Waals surface area (Å²) < 4.78 is 1.80. The minimum absolute atomic E-state index is 0.145. The maximum Gasteiger partial charge on any atom is 0.255 e. The Morgan fingerprint density at radius 1 is 1.40 bits per heavy atom. The summed E-state index contributed by atoms with van der Waals surface area (Å²) >= 11 is 0. The Labute approximate surface area is 91.1 Å². The van der Waals surface area contributed by atoms with E-state index in [1.807, 2.05) is 25.3 Å². The quantitative estimate of drug-likeness (QED) is 0.773. The highest BCUT2D eigenvalue weighted by molar-refractivity contribution is 5.10. The fourth-order valence-corrected chi connectivity index (χ4v) is 1.49. The maximum atomic E-state index is 11.9. The van der Waals surface area contributed by atoms with Crippen LogP contribution >= 0.6 is 0 Å². The second-order valence-corrected chi connectivity index (χ2v) is 3.67. The molecule has 1 N–H and O–H groups in total. The fourth-order valence-electron chi connectivity index (χ4n) is 1.49. The van der Waals surface area contributed by atoms with E-state index in [9.17, 15) is 4.79 Å². The maximum absolute atomic E-state index is 11.9. The van der Waals surface area contributed by atoms with Crippen molar-refractivity contribution in [2.45, 2.75) is 39.8 Å². The lowest BCUT2D eigenvalue weighted by molar-refractivity contribution is 0.602. The molecule has 0 bridgehead atoms. The van der Waals surface area contributed by atoms with E-state index in [1.165, 1.54) is 0 Å². The Morgan fingerprint density at radius 2 is 2.20 bits per heavy atom. The largest absolute Gasteiger partial charge is 0.315 e. The SMILES string of the molecule is CCCCn1cccc(CNCC)c1=O. The van der Waals surface area contributed by atoms with Crippen LogP contribution in [0, 0.1) is 0 Å². The van der Waals surface area contributed by atoms with Crippen LogP contribution in [-0.2, 0) is 13.1 Å². The molecule has 3 nitrogen and oxygen atoms in total. The van der Waals surface area contributed by atoms with Gasteiger partial charge in [0.2, 0.25) is 0 Å². The molecule has 0 aliphatic rings. The summed E-state index contributed by atoms with van der Waals surface area (Å²) in [7, 11) is 0. The number of pyridine rings is 1. The van der Waals surface area contributed by atoms with Crippen molar-refractivity contribution < 1.29 is 0 Å². The molecule has 3 heteroatoms. The van der Waals surface area contributed by atoms with E-state index < -0.39 is 0 Å². The number of nitrogens with one attached hydrogen (secondary N) is 1. The van der Waals surface area contributed by atoms with Crippen molar-refractivity contribution in [2.24, 2.45) is 0 Å². The molecular formula is C12H20N2O. The molecule has 0 saturated heterocycles. The Morgan fingerprint density at radius 3 is 2.87 bits per heavy atom. The zero-order chi connectivity index (χ0) is 11.1. The minimum Gasteiger partial charge on any atom is -0.315 e. The van der Waals surface area contributed by atoms with E-state index in [2.05, 4.69) is 12.2 Å². The van der Waals surface area contributed by atoms with Gasteiger partial charge in [0.15, 0.2) is 0 Å². The zero-order valence-electron chi connectivity index (χ0n) is 9.62. The highest BCUT2D eigenvalue weighted by Crippen LogP contribution is 1.95. The van der Waals surface area contributed by atoms with Gasteiger partial charge in [0.05, 0.1) is 0 Å². The molecule has 1 rings (SSSR count). The monoisotopic (exact) mass is 208 g/mol. The third kappa shape index (κ3) is 3.51. The highest BCUT2D eigenvalue weighted by atomic mass is 16.1. The van der Waals surface area contributed by atoms with E-state index in [1.54, 1.807) is 4.57 Å². The first-order valence-electron chi connectivity index (χ1n) is 5.68. The van der Waals surface area contributed by atoms with Crippen LogP contribution in [0.2, 0.25) is 0 Å². The molecule has 0 atom stereocenters. The van der Waals surface area contributed by atoms with E-state index >= 15 is 0 Å². The summed E-state index contributed by atoms with van der Waals surface area (Å²) in [4.78, 5) is 11.9. The van der Waals surface area contributed by atoms with Crippen molar-refractivity contribution in [3.05, 3.63) is 34.2 Å². The Kier molecular flexibility index (Phi) is 5.12. The van der Waals surface area contributed by atoms with Crippen LogP contribution in [0.4, 0.5) is 0 Å².